The van der Waals surface area contributed by atoms with Crippen LogP contribution >= 0.6 is 22.7 Å². The van der Waals surface area contributed by atoms with E-state index >= 15 is 0 Å². The monoisotopic (exact) mass is 355 g/mol. The lowest BCUT2D eigenvalue weighted by atomic mass is 10.1. The van der Waals surface area contributed by atoms with E-state index in [0.29, 0.717) is 17.0 Å². The molecule has 5 heteroatoms. The summed E-state index contributed by atoms with van der Waals surface area (Å²) in [7, 11) is 0. The summed E-state index contributed by atoms with van der Waals surface area (Å²) in [6, 6.07) is 13.2. The lowest BCUT2D eigenvalue weighted by Gasteiger charge is -2.07. The van der Waals surface area contributed by atoms with Gasteiger partial charge in [0, 0.05) is 10.4 Å². The number of benzene rings is 1. The van der Waals surface area contributed by atoms with Gasteiger partial charge in [0.15, 0.2) is 0 Å². The molecule has 0 atom stereocenters. The summed E-state index contributed by atoms with van der Waals surface area (Å²) in [6.45, 7) is 4.37. The van der Waals surface area contributed by atoms with Gasteiger partial charge in [0.1, 0.15) is 0 Å². The third-order valence-electron chi connectivity index (χ3n) is 3.68. The first-order chi connectivity index (χ1) is 11.5. The van der Waals surface area contributed by atoms with Crippen LogP contribution in [0.25, 0.3) is 0 Å². The van der Waals surface area contributed by atoms with Crippen molar-refractivity contribution in [1.29, 1.82) is 0 Å². The molecule has 0 fully saturated rings. The van der Waals surface area contributed by atoms with Crippen molar-refractivity contribution < 1.29 is 9.59 Å². The van der Waals surface area contributed by atoms with E-state index in [-0.39, 0.29) is 11.7 Å². The molecular formula is C19H17NO2S2. The molecule has 0 saturated heterocycles. The zero-order valence-electron chi connectivity index (χ0n) is 13.5. The fourth-order valence-corrected chi connectivity index (χ4v) is 4.10. The number of thiophene rings is 2. The van der Waals surface area contributed by atoms with Crippen molar-refractivity contribution in [3.63, 3.8) is 0 Å². The van der Waals surface area contributed by atoms with E-state index in [9.17, 15) is 9.59 Å². The molecule has 3 aromatic rings. The number of carbonyl (C=O) groups is 2. The number of rotatable bonds is 5. The van der Waals surface area contributed by atoms with Crippen molar-refractivity contribution >= 4 is 34.4 Å². The first-order valence-corrected chi connectivity index (χ1v) is 9.26. The van der Waals surface area contributed by atoms with Crippen LogP contribution in [-0.2, 0) is 6.54 Å². The summed E-state index contributed by atoms with van der Waals surface area (Å²) >= 11 is 2.87. The number of ketones is 1. The van der Waals surface area contributed by atoms with E-state index in [4.69, 9.17) is 0 Å². The van der Waals surface area contributed by atoms with Crippen molar-refractivity contribution in [3.05, 3.63) is 79.2 Å². The Morgan fingerprint density at radius 3 is 2.58 bits per heavy atom. The van der Waals surface area contributed by atoms with Gasteiger partial charge in [0.25, 0.3) is 5.91 Å². The van der Waals surface area contributed by atoms with Crippen LogP contribution in [0.5, 0.6) is 0 Å². The average molecular weight is 355 g/mol. The van der Waals surface area contributed by atoms with Crippen molar-refractivity contribution in [2.45, 2.75) is 20.4 Å². The first kappa shape index (κ1) is 16.6. The van der Waals surface area contributed by atoms with E-state index in [2.05, 4.69) is 5.32 Å². The molecule has 0 aliphatic carbocycles. The molecule has 0 aliphatic heterocycles. The van der Waals surface area contributed by atoms with Crippen LogP contribution in [0.2, 0.25) is 0 Å². The molecule has 0 aliphatic rings. The predicted octanol–water partition coefficient (Wildman–Crippen LogP) is 4.59. The summed E-state index contributed by atoms with van der Waals surface area (Å²) in [4.78, 5) is 27.0. The van der Waals surface area contributed by atoms with Crippen molar-refractivity contribution in [3.8, 4) is 0 Å². The molecule has 2 heterocycles. The van der Waals surface area contributed by atoms with Gasteiger partial charge in [-0.05, 0) is 49.1 Å². The van der Waals surface area contributed by atoms with Crippen LogP contribution in [-0.4, -0.2) is 11.7 Å². The molecule has 1 N–H and O–H groups in total. The summed E-state index contributed by atoms with van der Waals surface area (Å²) in [5.41, 5.74) is 2.79. The largest absolute Gasteiger partial charge is 0.347 e. The minimum atomic E-state index is -0.0907. The average Bonchev–Trinajstić information content (AvgIpc) is 3.24. The van der Waals surface area contributed by atoms with Crippen molar-refractivity contribution in [2.24, 2.45) is 0 Å². The van der Waals surface area contributed by atoms with Crippen LogP contribution in [0.15, 0.2) is 47.8 Å². The fourth-order valence-electron chi connectivity index (χ4n) is 2.46. The first-order valence-electron chi connectivity index (χ1n) is 7.57. The van der Waals surface area contributed by atoms with E-state index < -0.39 is 0 Å². The Labute approximate surface area is 149 Å². The maximum Gasteiger partial charge on any atom is 0.251 e. The standard InChI is InChI=1S/C19H17NO2S2/c1-12-5-7-15(13(2)10-12)19(22)20-11-14-6-8-17(24-14)18(21)16-4-3-9-23-16/h3-10H,11H2,1-2H3,(H,20,22). The van der Waals surface area contributed by atoms with Crippen molar-refractivity contribution in [2.75, 3.05) is 0 Å². The summed E-state index contributed by atoms with van der Waals surface area (Å²) in [5.74, 6) is -0.0472. The van der Waals surface area contributed by atoms with E-state index in [1.165, 1.54) is 22.7 Å². The van der Waals surface area contributed by atoms with Crippen molar-refractivity contribution in [1.82, 2.24) is 5.32 Å². The van der Waals surface area contributed by atoms with Crippen LogP contribution < -0.4 is 5.32 Å². The highest BCUT2D eigenvalue weighted by Gasteiger charge is 2.14. The second kappa shape index (κ2) is 7.11. The van der Waals surface area contributed by atoms with Gasteiger partial charge in [0.2, 0.25) is 5.78 Å². The molecule has 3 rings (SSSR count). The number of nitrogens with one attached hydrogen (secondary N) is 1. The van der Waals surface area contributed by atoms with Crippen LogP contribution in [0.1, 0.15) is 40.9 Å². The maximum absolute atomic E-state index is 12.3. The van der Waals surface area contributed by atoms with Crippen LogP contribution in [0.3, 0.4) is 0 Å². The van der Waals surface area contributed by atoms with Crippen LogP contribution in [0.4, 0.5) is 0 Å². The highest BCUT2D eigenvalue weighted by atomic mass is 32.1. The van der Waals surface area contributed by atoms with Gasteiger partial charge in [-0.15, -0.1) is 22.7 Å². The Morgan fingerprint density at radius 1 is 1.04 bits per heavy atom. The summed E-state index contributed by atoms with van der Waals surface area (Å²) in [6.07, 6.45) is 0. The molecule has 2 aromatic heterocycles. The highest BCUT2D eigenvalue weighted by Crippen LogP contribution is 2.22. The maximum atomic E-state index is 12.3. The third kappa shape index (κ3) is 3.63. The smallest absolute Gasteiger partial charge is 0.251 e. The Balaban J connectivity index is 1.65. The molecule has 24 heavy (non-hydrogen) atoms. The third-order valence-corrected chi connectivity index (χ3v) is 5.63. The fraction of sp³-hybridized carbons (Fsp3) is 0.158. The number of hydrogen-bond acceptors (Lipinski definition) is 4. The van der Waals surface area contributed by atoms with Gasteiger partial charge in [-0.1, -0.05) is 23.8 Å². The second-order valence-corrected chi connectivity index (χ2v) is 7.69. The van der Waals surface area contributed by atoms with Gasteiger partial charge in [0.05, 0.1) is 16.3 Å². The Bertz CT molecular complexity index is 879. The highest BCUT2D eigenvalue weighted by molar-refractivity contribution is 7.16. The van der Waals surface area contributed by atoms with E-state index in [1.54, 1.807) is 0 Å². The Hall–Kier alpha value is -2.24. The quantitative estimate of drug-likeness (QED) is 0.681. The topological polar surface area (TPSA) is 46.2 Å². The Morgan fingerprint density at radius 2 is 1.88 bits per heavy atom. The zero-order chi connectivity index (χ0) is 17.1. The predicted molar refractivity (Wildman–Crippen MR) is 99.2 cm³/mol. The van der Waals surface area contributed by atoms with Gasteiger partial charge in [-0.2, -0.15) is 0 Å². The lowest BCUT2D eigenvalue weighted by Crippen LogP contribution is -2.23. The van der Waals surface area contributed by atoms with E-state index in [1.807, 2.05) is 61.7 Å². The normalized spacial score (nSPS) is 10.6. The van der Waals surface area contributed by atoms with Gasteiger partial charge >= 0.3 is 0 Å². The number of carbonyl (C=O) groups excluding carboxylic acids is 2. The van der Waals surface area contributed by atoms with Crippen LogP contribution in [0, 0.1) is 13.8 Å². The summed E-state index contributed by atoms with van der Waals surface area (Å²) < 4.78 is 0. The molecule has 1 aromatic carbocycles. The minimum absolute atomic E-state index is 0.0435. The SMILES string of the molecule is Cc1ccc(C(=O)NCc2ccc(C(=O)c3cccs3)s2)c(C)c1. The van der Waals surface area contributed by atoms with Gasteiger partial charge < -0.3 is 5.32 Å². The molecule has 1 amide bonds. The molecule has 0 bridgehead atoms. The lowest BCUT2D eigenvalue weighted by molar-refractivity contribution is 0.0950. The molecule has 122 valence electrons. The Kier molecular flexibility index (Phi) is 4.92. The zero-order valence-corrected chi connectivity index (χ0v) is 15.1. The molecule has 0 radical (unpaired) electrons. The molecule has 0 unspecified atom stereocenters. The second-order valence-electron chi connectivity index (χ2n) is 5.57. The summed E-state index contributed by atoms with van der Waals surface area (Å²) in [5, 5.41) is 4.82. The number of hydrogen-bond donors (Lipinski definition) is 1. The van der Waals surface area contributed by atoms with Gasteiger partial charge in [-0.3, -0.25) is 9.59 Å². The molecule has 0 spiro atoms. The minimum Gasteiger partial charge on any atom is -0.347 e. The van der Waals surface area contributed by atoms with Gasteiger partial charge in [-0.25, -0.2) is 0 Å². The molecule has 3 nitrogen and oxygen atoms in total. The number of aryl methyl sites for hydroxylation is 2. The van der Waals surface area contributed by atoms with E-state index in [0.717, 1.165) is 20.9 Å². The molecule has 0 saturated carbocycles. The number of amides is 1. The molecular weight excluding hydrogens is 338 g/mol.